The molecular weight excluding hydrogens is 530 g/mol. The van der Waals surface area contributed by atoms with Gasteiger partial charge < -0.3 is 5.32 Å². The number of rotatable bonds is 9. The molecule has 0 saturated carbocycles. The van der Waals surface area contributed by atoms with Gasteiger partial charge in [0.25, 0.3) is 21.6 Å². The maximum absolute atomic E-state index is 14.1. The lowest BCUT2D eigenvalue weighted by Crippen LogP contribution is -2.37. The van der Waals surface area contributed by atoms with Crippen LogP contribution in [0.2, 0.25) is 0 Å². The molecule has 204 valence electrons. The van der Waals surface area contributed by atoms with Gasteiger partial charge in [-0.15, -0.1) is 0 Å². The van der Waals surface area contributed by atoms with Crippen molar-refractivity contribution in [3.63, 3.8) is 0 Å². The first kappa shape index (κ1) is 27.1. The van der Waals surface area contributed by atoms with Gasteiger partial charge in [0.2, 0.25) is 0 Å². The van der Waals surface area contributed by atoms with Crippen LogP contribution in [0.15, 0.2) is 96.2 Å². The number of aromatic nitrogens is 2. The van der Waals surface area contributed by atoms with E-state index in [1.165, 1.54) is 28.6 Å². The van der Waals surface area contributed by atoms with E-state index >= 15 is 0 Å². The number of nitro benzene ring substituents is 1. The van der Waals surface area contributed by atoms with Gasteiger partial charge in [0.15, 0.2) is 4.90 Å². The molecule has 1 atom stereocenters. The topological polar surface area (TPSA) is 135 Å². The van der Waals surface area contributed by atoms with Gasteiger partial charge in [0.1, 0.15) is 0 Å². The van der Waals surface area contributed by atoms with Crippen molar-refractivity contribution >= 4 is 21.6 Å². The lowest BCUT2D eigenvalue weighted by atomic mass is 9.91. The Morgan fingerprint density at radius 3 is 2.48 bits per heavy atom. The number of pyridine rings is 2. The van der Waals surface area contributed by atoms with Gasteiger partial charge in [-0.2, -0.15) is 4.31 Å². The highest BCUT2D eigenvalue weighted by molar-refractivity contribution is 7.89. The molecule has 0 radical (unpaired) electrons. The van der Waals surface area contributed by atoms with E-state index in [2.05, 4.69) is 15.3 Å². The van der Waals surface area contributed by atoms with Crippen molar-refractivity contribution in [2.75, 3.05) is 0 Å². The Morgan fingerprint density at radius 2 is 1.73 bits per heavy atom. The summed E-state index contributed by atoms with van der Waals surface area (Å²) in [5.74, 6) is -0.285. The van der Waals surface area contributed by atoms with Crippen LogP contribution in [0.5, 0.6) is 0 Å². The Labute approximate surface area is 231 Å². The summed E-state index contributed by atoms with van der Waals surface area (Å²) in [5.41, 5.74) is 2.90. The Hall–Kier alpha value is -4.48. The first-order chi connectivity index (χ1) is 19.3. The van der Waals surface area contributed by atoms with Crippen molar-refractivity contribution in [3.8, 4) is 0 Å². The predicted molar refractivity (Wildman–Crippen MR) is 148 cm³/mol. The summed E-state index contributed by atoms with van der Waals surface area (Å²) in [6.45, 7) is 0.224. The molecule has 0 bridgehead atoms. The molecule has 1 amide bonds. The number of benzene rings is 2. The molecule has 40 heavy (non-hydrogen) atoms. The van der Waals surface area contributed by atoms with Crippen LogP contribution >= 0.6 is 0 Å². The van der Waals surface area contributed by atoms with Crippen LogP contribution in [0.1, 0.15) is 51.8 Å². The zero-order valence-corrected chi connectivity index (χ0v) is 22.3. The smallest absolute Gasteiger partial charge is 0.289 e. The Balaban J connectivity index is 1.45. The second-order valence-corrected chi connectivity index (χ2v) is 11.3. The molecule has 2 heterocycles. The van der Waals surface area contributed by atoms with E-state index in [4.69, 9.17) is 0 Å². The molecule has 10 nitrogen and oxygen atoms in total. The summed E-state index contributed by atoms with van der Waals surface area (Å²) in [6.07, 6.45) is 5.34. The molecule has 2 aromatic heterocycles. The average Bonchev–Trinajstić information content (AvgIpc) is 2.99. The highest BCUT2D eigenvalue weighted by Crippen LogP contribution is 2.39. The molecule has 1 aliphatic rings. The third-order valence-corrected chi connectivity index (χ3v) is 8.77. The minimum Gasteiger partial charge on any atom is -0.346 e. The van der Waals surface area contributed by atoms with Gasteiger partial charge in [0.05, 0.1) is 28.9 Å². The number of para-hydroxylation sites is 1. The molecule has 0 aliphatic heterocycles. The quantitative estimate of drug-likeness (QED) is 0.235. The average molecular weight is 558 g/mol. The van der Waals surface area contributed by atoms with E-state index in [0.717, 1.165) is 24.1 Å². The van der Waals surface area contributed by atoms with Crippen molar-refractivity contribution in [1.29, 1.82) is 0 Å². The van der Waals surface area contributed by atoms with Gasteiger partial charge in [-0.25, -0.2) is 8.42 Å². The van der Waals surface area contributed by atoms with E-state index in [-0.39, 0.29) is 23.9 Å². The van der Waals surface area contributed by atoms with Crippen molar-refractivity contribution in [1.82, 2.24) is 19.6 Å². The van der Waals surface area contributed by atoms with Crippen molar-refractivity contribution < 1.29 is 18.1 Å². The predicted octanol–water partition coefficient (Wildman–Crippen LogP) is 4.58. The minimum atomic E-state index is -4.32. The molecule has 11 heteroatoms. The van der Waals surface area contributed by atoms with Crippen LogP contribution in [0.3, 0.4) is 0 Å². The third-order valence-electron chi connectivity index (χ3n) is 6.87. The SMILES string of the molecule is O=C(NCc1ccccn1)c1ccc(CN(C2CCCc3cccnc32)S(=O)(=O)c2ccccc2[N+](=O)[O-])cc1. The summed E-state index contributed by atoms with van der Waals surface area (Å²) in [5, 5.41) is 14.6. The lowest BCUT2D eigenvalue weighted by Gasteiger charge is -2.34. The highest BCUT2D eigenvalue weighted by Gasteiger charge is 2.39. The van der Waals surface area contributed by atoms with Gasteiger partial charge in [-0.05, 0) is 66.8 Å². The molecule has 1 aliphatic carbocycles. The molecule has 0 spiro atoms. The van der Waals surface area contributed by atoms with E-state index < -0.39 is 26.7 Å². The van der Waals surface area contributed by atoms with Crippen LogP contribution in [0.4, 0.5) is 5.69 Å². The van der Waals surface area contributed by atoms with Crippen LogP contribution in [0.25, 0.3) is 0 Å². The molecule has 4 aromatic rings. The first-order valence-corrected chi connectivity index (χ1v) is 14.2. The largest absolute Gasteiger partial charge is 0.346 e. The summed E-state index contributed by atoms with van der Waals surface area (Å²) >= 11 is 0. The zero-order chi connectivity index (χ0) is 28.1. The van der Waals surface area contributed by atoms with Gasteiger partial charge in [-0.1, -0.05) is 36.4 Å². The lowest BCUT2D eigenvalue weighted by molar-refractivity contribution is -0.387. The number of nitro groups is 1. The van der Waals surface area contributed by atoms with E-state index in [1.807, 2.05) is 24.3 Å². The number of carbonyl (C=O) groups excluding carboxylic acids is 1. The maximum Gasteiger partial charge on any atom is 0.289 e. The summed E-state index contributed by atoms with van der Waals surface area (Å²) < 4.78 is 29.5. The molecule has 2 aromatic carbocycles. The van der Waals surface area contributed by atoms with E-state index in [0.29, 0.717) is 23.2 Å². The molecule has 0 saturated heterocycles. The Kier molecular flexibility index (Phi) is 7.94. The van der Waals surface area contributed by atoms with E-state index in [9.17, 15) is 23.3 Å². The number of hydrogen-bond acceptors (Lipinski definition) is 7. The number of fused-ring (bicyclic) bond motifs is 1. The van der Waals surface area contributed by atoms with Gasteiger partial charge in [0, 0.05) is 30.6 Å². The maximum atomic E-state index is 14.1. The fraction of sp³-hybridized carbons (Fsp3) is 0.207. The Morgan fingerprint density at radius 1 is 0.975 bits per heavy atom. The molecular formula is C29H27N5O5S. The van der Waals surface area contributed by atoms with Gasteiger partial charge >= 0.3 is 0 Å². The third kappa shape index (κ3) is 5.75. The first-order valence-electron chi connectivity index (χ1n) is 12.8. The van der Waals surface area contributed by atoms with Crippen LogP contribution in [0, 0.1) is 10.1 Å². The fourth-order valence-corrected chi connectivity index (χ4v) is 6.67. The standard InChI is InChI=1S/C29H27N5O5S/c35-29(32-19-24-9-3-4-17-30-24)23-15-13-21(14-16-23)20-33(26-11-5-7-22-8-6-18-31-28(22)26)40(38,39)27-12-2-1-10-25(27)34(36)37/h1-4,6,8-10,12-18,26H,5,7,11,19-20H2,(H,32,35). The molecule has 0 fully saturated rings. The zero-order valence-electron chi connectivity index (χ0n) is 21.5. The highest BCUT2D eigenvalue weighted by atomic mass is 32.2. The van der Waals surface area contributed by atoms with Crippen LogP contribution in [-0.2, 0) is 29.5 Å². The van der Waals surface area contributed by atoms with Crippen molar-refractivity contribution in [3.05, 3.63) is 129 Å². The second kappa shape index (κ2) is 11.7. The monoisotopic (exact) mass is 557 g/mol. The van der Waals surface area contributed by atoms with Crippen molar-refractivity contribution in [2.45, 2.75) is 43.3 Å². The van der Waals surface area contributed by atoms with E-state index in [1.54, 1.807) is 42.7 Å². The number of carbonyl (C=O) groups is 1. The number of hydrogen-bond donors (Lipinski definition) is 1. The molecule has 1 N–H and O–H groups in total. The fourth-order valence-electron chi connectivity index (χ4n) is 4.90. The summed E-state index contributed by atoms with van der Waals surface area (Å²) in [4.78, 5) is 32.1. The summed E-state index contributed by atoms with van der Waals surface area (Å²) in [6, 6.07) is 20.6. The molecule has 5 rings (SSSR count). The minimum absolute atomic E-state index is 0.0507. The number of nitrogens with one attached hydrogen (secondary N) is 1. The second-order valence-electron chi connectivity index (χ2n) is 9.43. The van der Waals surface area contributed by atoms with Crippen LogP contribution < -0.4 is 5.32 Å². The van der Waals surface area contributed by atoms with Crippen LogP contribution in [-0.4, -0.2) is 33.5 Å². The normalized spacial score (nSPS) is 14.9. The summed E-state index contributed by atoms with van der Waals surface area (Å²) in [7, 11) is -4.32. The number of sulfonamides is 1. The van der Waals surface area contributed by atoms with Crippen molar-refractivity contribution in [2.24, 2.45) is 0 Å². The number of aryl methyl sites for hydroxylation is 1. The van der Waals surface area contributed by atoms with Gasteiger partial charge in [-0.3, -0.25) is 24.9 Å². The Bertz CT molecular complexity index is 1630. The molecule has 1 unspecified atom stereocenters. The number of amides is 1. The number of nitrogens with zero attached hydrogens (tertiary/aromatic N) is 4.